The van der Waals surface area contributed by atoms with E-state index in [0.29, 0.717) is 12.1 Å². The second kappa shape index (κ2) is 3.53. The van der Waals surface area contributed by atoms with Gasteiger partial charge in [-0.1, -0.05) is 6.07 Å². The fourth-order valence-corrected chi connectivity index (χ4v) is 2.51. The van der Waals surface area contributed by atoms with Crippen LogP contribution in [-0.2, 0) is 12.0 Å². The van der Waals surface area contributed by atoms with Gasteiger partial charge in [0.15, 0.2) is 5.82 Å². The highest BCUT2D eigenvalue weighted by atomic mass is 19.1. The summed E-state index contributed by atoms with van der Waals surface area (Å²) in [5.74, 6) is 0.714. The van der Waals surface area contributed by atoms with Gasteiger partial charge in [0.2, 0.25) is 0 Å². The number of para-hydroxylation sites is 1. The Morgan fingerprint density at radius 2 is 2.24 bits per heavy atom. The zero-order chi connectivity index (χ0) is 12.0. The number of hydrogen-bond donors (Lipinski definition) is 1. The van der Waals surface area contributed by atoms with E-state index < -0.39 is 0 Å². The summed E-state index contributed by atoms with van der Waals surface area (Å²) in [7, 11) is 0. The van der Waals surface area contributed by atoms with Crippen molar-refractivity contribution in [2.24, 2.45) is 5.73 Å². The summed E-state index contributed by atoms with van der Waals surface area (Å²) in [6, 6.07) is 5.11. The molecule has 0 amide bonds. The number of nitrogens with two attached hydrogens (primary N) is 1. The van der Waals surface area contributed by atoms with Crippen molar-refractivity contribution in [2.45, 2.75) is 31.7 Å². The van der Waals surface area contributed by atoms with E-state index in [1.807, 2.05) is 6.07 Å². The Kier molecular flexibility index (Phi) is 2.23. The quantitative estimate of drug-likeness (QED) is 0.883. The van der Waals surface area contributed by atoms with E-state index in [4.69, 9.17) is 5.73 Å². The molecular weight excluding hydrogens is 217 g/mol. The maximum absolute atomic E-state index is 13.7. The smallest absolute Gasteiger partial charge is 0.151 e. The summed E-state index contributed by atoms with van der Waals surface area (Å²) in [6.07, 6.45) is 2.13. The maximum Gasteiger partial charge on any atom is 0.151 e. The molecule has 1 aromatic carbocycles. The Bertz CT molecular complexity index is 569. The van der Waals surface area contributed by atoms with Crippen LogP contribution in [0, 0.1) is 5.82 Å². The molecule has 1 aromatic heterocycles. The number of hydrogen-bond acceptors (Lipinski definition) is 2. The molecule has 0 aliphatic heterocycles. The lowest BCUT2D eigenvalue weighted by atomic mass is 10.1. The van der Waals surface area contributed by atoms with Gasteiger partial charge in [-0.05, 0) is 31.9 Å². The van der Waals surface area contributed by atoms with Crippen molar-refractivity contribution in [2.75, 3.05) is 6.54 Å². The molecule has 1 fully saturated rings. The highest BCUT2D eigenvalue weighted by Gasteiger charge is 2.47. The summed E-state index contributed by atoms with van der Waals surface area (Å²) in [5.41, 5.74) is 7.19. The number of rotatable bonds is 3. The first-order valence-corrected chi connectivity index (χ1v) is 6.07. The van der Waals surface area contributed by atoms with Gasteiger partial charge in [0.25, 0.3) is 0 Å². The lowest BCUT2D eigenvalue weighted by molar-refractivity contribution is 0.593. The summed E-state index contributed by atoms with van der Waals surface area (Å²) in [6.45, 7) is 3.46. The third-order valence-electron chi connectivity index (χ3n) is 3.76. The topological polar surface area (TPSA) is 43.8 Å². The number of halogens is 1. The molecule has 4 heteroatoms. The van der Waals surface area contributed by atoms with E-state index in [0.717, 1.165) is 30.7 Å². The van der Waals surface area contributed by atoms with Crippen LogP contribution in [0.2, 0.25) is 0 Å². The van der Waals surface area contributed by atoms with Crippen molar-refractivity contribution in [3.8, 4) is 0 Å². The number of aromatic nitrogens is 2. The molecule has 1 heterocycles. The zero-order valence-electron chi connectivity index (χ0n) is 9.91. The molecule has 2 N–H and O–H groups in total. The van der Waals surface area contributed by atoms with E-state index in [9.17, 15) is 4.39 Å². The fourth-order valence-electron chi connectivity index (χ4n) is 2.51. The minimum absolute atomic E-state index is 0.00146. The van der Waals surface area contributed by atoms with Gasteiger partial charge in [-0.25, -0.2) is 9.37 Å². The second-order valence-electron chi connectivity index (χ2n) is 4.77. The first kappa shape index (κ1) is 10.7. The fraction of sp³-hybridized carbons (Fsp3) is 0.462. The third-order valence-corrected chi connectivity index (χ3v) is 3.76. The number of nitrogens with zero attached hydrogens (tertiary/aromatic N) is 2. The Hall–Kier alpha value is -1.42. The van der Waals surface area contributed by atoms with Crippen molar-refractivity contribution in [3.05, 3.63) is 29.8 Å². The normalized spacial score (nSPS) is 17.6. The predicted molar refractivity (Wildman–Crippen MR) is 65.3 cm³/mol. The lowest BCUT2D eigenvalue weighted by Crippen LogP contribution is -2.24. The van der Waals surface area contributed by atoms with E-state index >= 15 is 0 Å². The molecule has 1 aliphatic rings. The summed E-state index contributed by atoms with van der Waals surface area (Å²) < 4.78 is 15.8. The van der Waals surface area contributed by atoms with Crippen molar-refractivity contribution in [1.29, 1.82) is 0 Å². The van der Waals surface area contributed by atoms with E-state index in [2.05, 4.69) is 16.5 Å². The first-order valence-electron chi connectivity index (χ1n) is 6.07. The molecule has 0 unspecified atom stereocenters. The highest BCUT2D eigenvalue weighted by molar-refractivity contribution is 5.77. The second-order valence-corrected chi connectivity index (χ2v) is 4.77. The molecule has 90 valence electrons. The highest BCUT2D eigenvalue weighted by Crippen LogP contribution is 2.47. The maximum atomic E-state index is 13.7. The predicted octanol–water partition coefficient (Wildman–Crippen LogP) is 2.19. The van der Waals surface area contributed by atoms with Crippen LogP contribution in [0.1, 0.15) is 25.6 Å². The molecule has 0 spiro atoms. The molecule has 1 saturated carbocycles. The minimum Gasteiger partial charge on any atom is -0.329 e. The Morgan fingerprint density at radius 1 is 1.47 bits per heavy atom. The van der Waals surface area contributed by atoms with Gasteiger partial charge in [0.05, 0.1) is 5.52 Å². The lowest BCUT2D eigenvalue weighted by Gasteiger charge is -2.13. The van der Waals surface area contributed by atoms with Crippen LogP contribution in [0.15, 0.2) is 18.2 Å². The Balaban J connectivity index is 2.28. The van der Waals surface area contributed by atoms with Crippen LogP contribution in [0.3, 0.4) is 0 Å². The van der Waals surface area contributed by atoms with E-state index in [-0.39, 0.29) is 11.2 Å². The van der Waals surface area contributed by atoms with Crippen LogP contribution in [-0.4, -0.2) is 16.1 Å². The molecule has 1 aliphatic carbocycles. The number of fused-ring (bicyclic) bond motifs is 1. The number of benzene rings is 1. The van der Waals surface area contributed by atoms with Gasteiger partial charge >= 0.3 is 0 Å². The monoisotopic (exact) mass is 233 g/mol. The Morgan fingerprint density at radius 3 is 2.82 bits per heavy atom. The van der Waals surface area contributed by atoms with E-state index in [1.54, 1.807) is 6.07 Å². The first-order chi connectivity index (χ1) is 8.22. The van der Waals surface area contributed by atoms with Gasteiger partial charge in [0, 0.05) is 18.5 Å². The molecule has 0 saturated heterocycles. The van der Waals surface area contributed by atoms with E-state index in [1.165, 1.54) is 6.07 Å². The molecular formula is C13H16FN3. The number of imidazole rings is 1. The molecule has 2 aromatic rings. The van der Waals surface area contributed by atoms with Crippen LogP contribution >= 0.6 is 0 Å². The van der Waals surface area contributed by atoms with Crippen molar-refractivity contribution in [3.63, 3.8) is 0 Å². The molecule has 0 radical (unpaired) electrons. The van der Waals surface area contributed by atoms with Crippen molar-refractivity contribution >= 4 is 11.0 Å². The van der Waals surface area contributed by atoms with Crippen molar-refractivity contribution < 1.29 is 4.39 Å². The van der Waals surface area contributed by atoms with Gasteiger partial charge < -0.3 is 10.3 Å². The number of aryl methyl sites for hydroxylation is 1. The Labute approximate surface area is 99.4 Å². The summed E-state index contributed by atoms with van der Waals surface area (Å²) in [5, 5.41) is 0. The third kappa shape index (κ3) is 1.40. The summed E-state index contributed by atoms with van der Waals surface area (Å²) >= 11 is 0. The molecule has 17 heavy (non-hydrogen) atoms. The molecule has 0 bridgehead atoms. The van der Waals surface area contributed by atoms with Gasteiger partial charge in [-0.2, -0.15) is 0 Å². The van der Waals surface area contributed by atoms with Crippen molar-refractivity contribution in [1.82, 2.24) is 9.55 Å². The van der Waals surface area contributed by atoms with Gasteiger partial charge in [0.1, 0.15) is 11.3 Å². The van der Waals surface area contributed by atoms with Gasteiger partial charge in [-0.3, -0.25) is 0 Å². The minimum atomic E-state index is -0.247. The molecule has 0 atom stereocenters. The van der Waals surface area contributed by atoms with Gasteiger partial charge in [-0.15, -0.1) is 0 Å². The van der Waals surface area contributed by atoms with Crippen LogP contribution in [0.4, 0.5) is 4.39 Å². The summed E-state index contributed by atoms with van der Waals surface area (Å²) in [4.78, 5) is 4.50. The molecule has 3 rings (SSSR count). The molecule has 3 nitrogen and oxygen atoms in total. The van der Waals surface area contributed by atoms with Crippen LogP contribution in [0.25, 0.3) is 11.0 Å². The average molecular weight is 233 g/mol. The van der Waals surface area contributed by atoms with Crippen LogP contribution in [0.5, 0.6) is 0 Å². The SMILES string of the molecule is CCn1c(C2(CN)CC2)nc2c(F)cccc21. The standard InChI is InChI=1S/C13H16FN3/c1-2-17-10-5-3-4-9(14)11(10)16-12(17)13(8-15)6-7-13/h3-5H,2,6-8,15H2,1H3. The largest absolute Gasteiger partial charge is 0.329 e. The average Bonchev–Trinajstić information content (AvgIpc) is 3.04. The van der Waals surface area contributed by atoms with Crippen LogP contribution < -0.4 is 5.73 Å². The zero-order valence-corrected chi connectivity index (χ0v) is 9.91.